The number of amides is 2. The standard InChI is InChI=1S/C12H15N3O4S/c16-11(15-10-3-6-20(18,19)8-10)7-14-12(17)9-1-4-13-5-2-9/h1-2,4-5,10H,3,6-8H2,(H,14,17)(H,15,16). The second-order valence-electron chi connectivity index (χ2n) is 4.59. The summed E-state index contributed by atoms with van der Waals surface area (Å²) in [6.45, 7) is -0.183. The van der Waals surface area contributed by atoms with E-state index in [0.717, 1.165) is 0 Å². The summed E-state index contributed by atoms with van der Waals surface area (Å²) in [6.07, 6.45) is 3.39. The molecule has 1 atom stereocenters. The van der Waals surface area contributed by atoms with E-state index in [1.54, 1.807) is 0 Å². The van der Waals surface area contributed by atoms with Gasteiger partial charge in [-0.1, -0.05) is 0 Å². The molecule has 0 saturated carbocycles. The lowest BCUT2D eigenvalue weighted by atomic mass is 10.2. The number of sulfone groups is 1. The van der Waals surface area contributed by atoms with Gasteiger partial charge in [-0.15, -0.1) is 0 Å². The molecule has 1 saturated heterocycles. The molecule has 0 spiro atoms. The average Bonchev–Trinajstić information content (AvgIpc) is 2.76. The van der Waals surface area contributed by atoms with E-state index >= 15 is 0 Å². The third-order valence-electron chi connectivity index (χ3n) is 2.95. The summed E-state index contributed by atoms with van der Waals surface area (Å²) in [5, 5.41) is 5.06. The lowest BCUT2D eigenvalue weighted by molar-refractivity contribution is -0.120. The molecule has 2 amide bonds. The second-order valence-corrected chi connectivity index (χ2v) is 6.81. The first-order valence-electron chi connectivity index (χ1n) is 6.14. The maximum atomic E-state index is 11.7. The molecule has 1 aromatic rings. The summed E-state index contributed by atoms with van der Waals surface area (Å²) < 4.78 is 22.5. The Kier molecular flexibility index (Phi) is 4.33. The van der Waals surface area contributed by atoms with Crippen LogP contribution in [0.5, 0.6) is 0 Å². The van der Waals surface area contributed by atoms with Crippen LogP contribution in [-0.4, -0.2) is 49.3 Å². The van der Waals surface area contributed by atoms with Gasteiger partial charge in [0.15, 0.2) is 9.84 Å². The minimum atomic E-state index is -3.02. The van der Waals surface area contributed by atoms with E-state index < -0.39 is 15.7 Å². The summed E-state index contributed by atoms with van der Waals surface area (Å²) >= 11 is 0. The van der Waals surface area contributed by atoms with E-state index in [-0.39, 0.29) is 30.0 Å². The summed E-state index contributed by atoms with van der Waals surface area (Å²) in [7, 11) is -3.02. The molecule has 1 fully saturated rings. The number of pyridine rings is 1. The van der Waals surface area contributed by atoms with Crippen LogP contribution < -0.4 is 10.6 Å². The molecule has 7 nitrogen and oxygen atoms in total. The Balaban J connectivity index is 1.77. The summed E-state index contributed by atoms with van der Waals surface area (Å²) in [6, 6.07) is 2.72. The zero-order valence-corrected chi connectivity index (χ0v) is 11.5. The van der Waals surface area contributed by atoms with E-state index in [4.69, 9.17) is 0 Å². The van der Waals surface area contributed by atoms with Gasteiger partial charge < -0.3 is 10.6 Å². The van der Waals surface area contributed by atoms with Crippen LogP contribution >= 0.6 is 0 Å². The molecule has 2 heterocycles. The molecule has 2 N–H and O–H groups in total. The van der Waals surface area contributed by atoms with Gasteiger partial charge in [-0.3, -0.25) is 14.6 Å². The number of nitrogens with one attached hydrogen (secondary N) is 2. The fourth-order valence-electron chi connectivity index (χ4n) is 1.95. The highest BCUT2D eigenvalue weighted by atomic mass is 32.2. The molecule has 0 radical (unpaired) electrons. The van der Waals surface area contributed by atoms with Crippen molar-refractivity contribution in [2.24, 2.45) is 0 Å². The Morgan fingerprint density at radius 2 is 2.00 bits per heavy atom. The zero-order valence-electron chi connectivity index (χ0n) is 10.7. The van der Waals surface area contributed by atoms with Crippen molar-refractivity contribution in [1.29, 1.82) is 0 Å². The fraction of sp³-hybridized carbons (Fsp3) is 0.417. The Hall–Kier alpha value is -1.96. The van der Waals surface area contributed by atoms with Crippen molar-refractivity contribution in [2.75, 3.05) is 18.1 Å². The van der Waals surface area contributed by atoms with Crippen LogP contribution in [-0.2, 0) is 14.6 Å². The molecular formula is C12H15N3O4S. The molecule has 1 unspecified atom stereocenters. The van der Waals surface area contributed by atoms with E-state index in [9.17, 15) is 18.0 Å². The molecule has 8 heteroatoms. The molecule has 2 rings (SSSR count). The van der Waals surface area contributed by atoms with Crippen molar-refractivity contribution in [3.05, 3.63) is 30.1 Å². The van der Waals surface area contributed by atoms with Crippen molar-refractivity contribution in [3.8, 4) is 0 Å². The monoisotopic (exact) mass is 297 g/mol. The predicted octanol–water partition coefficient (Wildman–Crippen LogP) is -0.885. The number of hydrogen-bond acceptors (Lipinski definition) is 5. The highest BCUT2D eigenvalue weighted by Crippen LogP contribution is 2.10. The van der Waals surface area contributed by atoms with Crippen molar-refractivity contribution in [1.82, 2.24) is 15.6 Å². The average molecular weight is 297 g/mol. The van der Waals surface area contributed by atoms with E-state index in [1.165, 1.54) is 24.5 Å². The molecule has 108 valence electrons. The molecule has 1 aromatic heterocycles. The highest BCUT2D eigenvalue weighted by molar-refractivity contribution is 7.91. The van der Waals surface area contributed by atoms with E-state index in [0.29, 0.717) is 12.0 Å². The van der Waals surface area contributed by atoms with Gasteiger partial charge in [-0.25, -0.2) is 8.42 Å². The van der Waals surface area contributed by atoms with Crippen LogP contribution in [0.15, 0.2) is 24.5 Å². The van der Waals surface area contributed by atoms with Gasteiger partial charge >= 0.3 is 0 Å². The Labute approximate surface area is 116 Å². The van der Waals surface area contributed by atoms with E-state index in [2.05, 4.69) is 15.6 Å². The largest absolute Gasteiger partial charge is 0.351 e. The van der Waals surface area contributed by atoms with Gasteiger partial charge in [0.1, 0.15) is 0 Å². The smallest absolute Gasteiger partial charge is 0.251 e. The molecule has 0 aromatic carbocycles. The lowest BCUT2D eigenvalue weighted by Gasteiger charge is -2.11. The summed E-state index contributed by atoms with van der Waals surface area (Å²) in [4.78, 5) is 27.1. The number of nitrogens with zero attached hydrogens (tertiary/aromatic N) is 1. The molecule has 0 aliphatic carbocycles. The van der Waals surface area contributed by atoms with Crippen molar-refractivity contribution >= 4 is 21.7 Å². The molecule has 1 aliphatic heterocycles. The van der Waals surface area contributed by atoms with Crippen LogP contribution in [0.25, 0.3) is 0 Å². The second kappa shape index (κ2) is 6.00. The highest BCUT2D eigenvalue weighted by Gasteiger charge is 2.28. The normalized spacial score (nSPS) is 20.3. The maximum absolute atomic E-state index is 11.7. The van der Waals surface area contributed by atoms with Crippen molar-refractivity contribution in [3.63, 3.8) is 0 Å². The third kappa shape index (κ3) is 4.02. The molecular weight excluding hydrogens is 282 g/mol. The van der Waals surface area contributed by atoms with Gasteiger partial charge in [-0.2, -0.15) is 0 Å². The first kappa shape index (κ1) is 14.4. The van der Waals surface area contributed by atoms with Crippen LogP contribution in [0.2, 0.25) is 0 Å². The molecule has 1 aliphatic rings. The van der Waals surface area contributed by atoms with Crippen LogP contribution in [0, 0.1) is 0 Å². The first-order valence-corrected chi connectivity index (χ1v) is 7.96. The molecule has 20 heavy (non-hydrogen) atoms. The quantitative estimate of drug-likeness (QED) is 0.750. The zero-order chi connectivity index (χ0) is 14.6. The minimum absolute atomic E-state index is 0.0307. The van der Waals surface area contributed by atoms with Gasteiger partial charge in [0.25, 0.3) is 5.91 Å². The van der Waals surface area contributed by atoms with Crippen LogP contribution in [0.3, 0.4) is 0 Å². The Morgan fingerprint density at radius 3 is 2.60 bits per heavy atom. The number of carbonyl (C=O) groups is 2. The van der Waals surface area contributed by atoms with Crippen LogP contribution in [0.4, 0.5) is 0 Å². The predicted molar refractivity (Wildman–Crippen MR) is 71.8 cm³/mol. The maximum Gasteiger partial charge on any atom is 0.251 e. The number of aromatic nitrogens is 1. The number of carbonyl (C=O) groups excluding carboxylic acids is 2. The van der Waals surface area contributed by atoms with Gasteiger partial charge in [-0.05, 0) is 18.6 Å². The Bertz CT molecular complexity index is 600. The fourth-order valence-corrected chi connectivity index (χ4v) is 3.63. The molecule has 0 bridgehead atoms. The van der Waals surface area contributed by atoms with E-state index in [1.807, 2.05) is 0 Å². The SMILES string of the molecule is O=C(CNC(=O)c1ccncc1)NC1CCS(=O)(=O)C1. The topological polar surface area (TPSA) is 105 Å². The Morgan fingerprint density at radius 1 is 1.30 bits per heavy atom. The first-order chi connectivity index (χ1) is 9.46. The number of rotatable bonds is 4. The summed E-state index contributed by atoms with van der Waals surface area (Å²) in [5.74, 6) is -0.700. The van der Waals surface area contributed by atoms with Gasteiger partial charge in [0, 0.05) is 24.0 Å². The lowest BCUT2D eigenvalue weighted by Crippen LogP contribution is -2.42. The van der Waals surface area contributed by atoms with Gasteiger partial charge in [0.2, 0.25) is 5.91 Å². The van der Waals surface area contributed by atoms with Gasteiger partial charge in [0.05, 0.1) is 18.1 Å². The van der Waals surface area contributed by atoms with Crippen molar-refractivity contribution in [2.45, 2.75) is 12.5 Å². The minimum Gasteiger partial charge on any atom is -0.351 e. The van der Waals surface area contributed by atoms with Crippen molar-refractivity contribution < 1.29 is 18.0 Å². The van der Waals surface area contributed by atoms with Crippen LogP contribution in [0.1, 0.15) is 16.8 Å². The third-order valence-corrected chi connectivity index (χ3v) is 4.72. The number of hydrogen-bond donors (Lipinski definition) is 2. The summed E-state index contributed by atoms with van der Waals surface area (Å²) in [5.41, 5.74) is 0.413.